The molecule has 0 spiro atoms. The molecule has 0 bridgehead atoms. The molecular weight excluding hydrogens is 326 g/mol. The number of anilines is 1. The van der Waals surface area contributed by atoms with Crippen molar-refractivity contribution >= 4 is 39.2 Å². The van der Waals surface area contributed by atoms with Crippen LogP contribution in [0.3, 0.4) is 0 Å². The van der Waals surface area contributed by atoms with Gasteiger partial charge in [-0.05, 0) is 32.9 Å². The zero-order valence-corrected chi connectivity index (χ0v) is 15.2. The van der Waals surface area contributed by atoms with Crippen LogP contribution in [0, 0.1) is 6.92 Å². The largest absolute Gasteiger partial charge is 0.490 e. The van der Waals surface area contributed by atoms with Crippen molar-refractivity contribution in [3.63, 3.8) is 0 Å². The van der Waals surface area contributed by atoms with Gasteiger partial charge in [0.25, 0.3) is 0 Å². The second-order valence-corrected chi connectivity index (χ2v) is 6.73. The topological polar surface area (TPSA) is 58.2 Å². The highest BCUT2D eigenvalue weighted by atomic mass is 35.5. The summed E-state index contributed by atoms with van der Waals surface area (Å²) in [6, 6.07) is 5.33. The molecule has 0 saturated carbocycles. The lowest BCUT2D eigenvalue weighted by Gasteiger charge is -2.20. The number of aromatic amines is 1. The molecule has 126 valence electrons. The average molecular weight is 346 g/mol. The molecule has 1 aromatic carbocycles. The number of hydrogen-bond acceptors (Lipinski definition) is 4. The first kappa shape index (κ1) is 16.6. The number of benzene rings is 1. The Morgan fingerprint density at radius 2 is 2.00 bits per heavy atom. The van der Waals surface area contributed by atoms with E-state index >= 15 is 0 Å². The van der Waals surface area contributed by atoms with Crippen LogP contribution in [0.15, 0.2) is 23.0 Å². The molecule has 0 saturated heterocycles. The van der Waals surface area contributed by atoms with Crippen LogP contribution in [-0.4, -0.2) is 30.2 Å². The summed E-state index contributed by atoms with van der Waals surface area (Å²) in [5, 5.41) is 1.55. The first-order valence-electron chi connectivity index (χ1n) is 7.79. The zero-order chi connectivity index (χ0) is 17.6. The first-order chi connectivity index (χ1) is 11.3. The normalized spacial score (nSPS) is 11.5. The molecule has 0 fully saturated rings. The number of aryl methyl sites for hydroxylation is 1. The van der Waals surface area contributed by atoms with Gasteiger partial charge in [0.15, 0.2) is 0 Å². The van der Waals surface area contributed by atoms with E-state index in [1.807, 2.05) is 45.8 Å². The summed E-state index contributed by atoms with van der Waals surface area (Å²) in [6.45, 7) is 5.72. The fourth-order valence-electron chi connectivity index (χ4n) is 2.84. The lowest BCUT2D eigenvalue weighted by molar-refractivity contribution is 0.245. The van der Waals surface area contributed by atoms with E-state index in [1.165, 1.54) is 0 Å². The van der Waals surface area contributed by atoms with Crippen molar-refractivity contribution in [2.75, 3.05) is 19.0 Å². The Morgan fingerprint density at radius 1 is 1.29 bits per heavy atom. The molecule has 0 amide bonds. The predicted octanol–water partition coefficient (Wildman–Crippen LogP) is 3.89. The van der Waals surface area contributed by atoms with Crippen LogP contribution in [-0.2, 0) is 0 Å². The summed E-state index contributed by atoms with van der Waals surface area (Å²) in [4.78, 5) is 22.7. The van der Waals surface area contributed by atoms with Crippen molar-refractivity contribution in [2.45, 2.75) is 26.9 Å². The lowest BCUT2D eigenvalue weighted by atomic mass is 10.1. The van der Waals surface area contributed by atoms with Gasteiger partial charge in [0.1, 0.15) is 11.4 Å². The van der Waals surface area contributed by atoms with E-state index in [9.17, 15) is 4.79 Å². The van der Waals surface area contributed by atoms with Crippen molar-refractivity contribution in [1.29, 1.82) is 0 Å². The van der Waals surface area contributed by atoms with Crippen LogP contribution in [0.1, 0.15) is 19.5 Å². The summed E-state index contributed by atoms with van der Waals surface area (Å²) in [6.07, 6.45) is -0.0688. The fraction of sp³-hybridized carbons (Fsp3) is 0.333. The molecule has 2 aromatic heterocycles. The lowest BCUT2D eigenvalue weighted by Crippen LogP contribution is -2.16. The molecule has 0 aliphatic rings. The second kappa shape index (κ2) is 5.98. The Hall–Kier alpha value is -2.27. The third-order valence-electron chi connectivity index (χ3n) is 3.78. The fourth-order valence-corrected chi connectivity index (χ4v) is 3.20. The Kier molecular flexibility index (Phi) is 4.13. The number of rotatable bonds is 3. The van der Waals surface area contributed by atoms with Crippen molar-refractivity contribution in [1.82, 2.24) is 9.97 Å². The number of aromatic nitrogens is 2. The number of ether oxygens (including phenoxy) is 1. The van der Waals surface area contributed by atoms with Crippen molar-refractivity contribution < 1.29 is 4.74 Å². The minimum absolute atomic E-state index is 0.0688. The van der Waals surface area contributed by atoms with E-state index in [4.69, 9.17) is 16.3 Å². The van der Waals surface area contributed by atoms with Crippen LogP contribution >= 0.6 is 11.6 Å². The molecule has 0 unspecified atom stereocenters. The minimum Gasteiger partial charge on any atom is -0.490 e. The second-order valence-electron chi connectivity index (χ2n) is 6.32. The van der Waals surface area contributed by atoms with Gasteiger partial charge in [-0.25, -0.2) is 4.98 Å². The van der Waals surface area contributed by atoms with Gasteiger partial charge in [-0.1, -0.05) is 11.6 Å². The number of nitrogens with zero attached hydrogens (tertiary/aromatic N) is 2. The molecule has 0 radical (unpaired) electrons. The van der Waals surface area contributed by atoms with Crippen molar-refractivity contribution in [3.8, 4) is 5.75 Å². The van der Waals surface area contributed by atoms with Gasteiger partial charge in [0.05, 0.1) is 33.1 Å². The van der Waals surface area contributed by atoms with E-state index in [2.05, 4.69) is 9.97 Å². The quantitative estimate of drug-likeness (QED) is 0.731. The minimum atomic E-state index is -0.110. The number of halogens is 1. The van der Waals surface area contributed by atoms with Gasteiger partial charge in [-0.3, -0.25) is 4.79 Å². The number of fused-ring (bicyclic) bond motifs is 2. The highest BCUT2D eigenvalue weighted by Crippen LogP contribution is 2.38. The van der Waals surface area contributed by atoms with Crippen molar-refractivity contribution in [2.24, 2.45) is 0 Å². The van der Waals surface area contributed by atoms with E-state index in [1.54, 1.807) is 12.1 Å². The SMILES string of the molecule is Cc1ccc2c(=O)c3c(OC(C)C)cc(Cl)c(N(C)C)c3[nH]c2n1. The summed E-state index contributed by atoms with van der Waals surface area (Å²) >= 11 is 6.46. The molecule has 3 rings (SSSR count). The van der Waals surface area contributed by atoms with Gasteiger partial charge < -0.3 is 14.6 Å². The zero-order valence-electron chi connectivity index (χ0n) is 14.4. The molecule has 24 heavy (non-hydrogen) atoms. The summed E-state index contributed by atoms with van der Waals surface area (Å²) in [7, 11) is 3.77. The van der Waals surface area contributed by atoms with Crippen LogP contribution in [0.4, 0.5) is 5.69 Å². The van der Waals surface area contributed by atoms with Gasteiger partial charge in [0, 0.05) is 25.9 Å². The number of H-pyrrole nitrogens is 1. The van der Waals surface area contributed by atoms with Crippen LogP contribution in [0.5, 0.6) is 5.75 Å². The molecule has 0 atom stereocenters. The Morgan fingerprint density at radius 3 is 2.62 bits per heavy atom. The van der Waals surface area contributed by atoms with Crippen LogP contribution < -0.4 is 15.1 Å². The van der Waals surface area contributed by atoms with E-state index in [0.29, 0.717) is 32.7 Å². The smallest absolute Gasteiger partial charge is 0.202 e. The van der Waals surface area contributed by atoms with Gasteiger partial charge in [0.2, 0.25) is 5.43 Å². The van der Waals surface area contributed by atoms with Gasteiger partial charge in [-0.15, -0.1) is 0 Å². The summed E-state index contributed by atoms with van der Waals surface area (Å²) in [5.41, 5.74) is 2.66. The van der Waals surface area contributed by atoms with Gasteiger partial charge in [-0.2, -0.15) is 0 Å². The Labute approximate surface area is 145 Å². The maximum absolute atomic E-state index is 13.1. The molecule has 6 heteroatoms. The van der Waals surface area contributed by atoms with Crippen LogP contribution in [0.2, 0.25) is 5.02 Å². The molecule has 0 aliphatic carbocycles. The number of hydrogen-bond donors (Lipinski definition) is 1. The molecule has 0 aliphatic heterocycles. The molecule has 2 heterocycles. The van der Waals surface area contributed by atoms with Gasteiger partial charge >= 0.3 is 0 Å². The third kappa shape index (κ3) is 2.69. The molecule has 1 N–H and O–H groups in total. The standard InChI is InChI=1S/C18H20ClN3O2/c1-9(2)24-13-8-12(19)16(22(4)5)15-14(13)17(23)11-7-6-10(3)20-18(11)21-15/h6-9H,1-5H3,(H,20,21,23). The highest BCUT2D eigenvalue weighted by molar-refractivity contribution is 6.35. The third-order valence-corrected chi connectivity index (χ3v) is 4.06. The van der Waals surface area contributed by atoms with E-state index in [-0.39, 0.29) is 11.5 Å². The average Bonchev–Trinajstić information content (AvgIpc) is 2.45. The summed E-state index contributed by atoms with van der Waals surface area (Å²) in [5.74, 6) is 0.485. The maximum atomic E-state index is 13.1. The summed E-state index contributed by atoms with van der Waals surface area (Å²) < 4.78 is 5.85. The molecule has 5 nitrogen and oxygen atoms in total. The highest BCUT2D eigenvalue weighted by Gasteiger charge is 2.19. The van der Waals surface area contributed by atoms with E-state index < -0.39 is 0 Å². The predicted molar refractivity (Wildman–Crippen MR) is 99.7 cm³/mol. The van der Waals surface area contributed by atoms with Crippen molar-refractivity contribution in [3.05, 3.63) is 39.1 Å². The first-order valence-corrected chi connectivity index (χ1v) is 8.17. The maximum Gasteiger partial charge on any atom is 0.202 e. The number of pyridine rings is 2. The Bertz CT molecular complexity index is 993. The number of nitrogens with one attached hydrogen (secondary N) is 1. The Balaban J connectivity index is 2.54. The monoisotopic (exact) mass is 345 g/mol. The van der Waals surface area contributed by atoms with E-state index in [0.717, 1.165) is 11.4 Å². The van der Waals surface area contributed by atoms with Crippen LogP contribution in [0.25, 0.3) is 21.9 Å². The molecule has 3 aromatic rings. The molecular formula is C18H20ClN3O2.